The van der Waals surface area contributed by atoms with Crippen LogP contribution in [-0.2, 0) is 0 Å². The van der Waals surface area contributed by atoms with E-state index in [1.807, 2.05) is 32.2 Å². The van der Waals surface area contributed by atoms with E-state index in [-0.39, 0.29) is 5.92 Å². The second-order valence-corrected chi connectivity index (χ2v) is 3.53. The van der Waals surface area contributed by atoms with E-state index in [2.05, 4.69) is 12.1 Å². The number of hydrogen-bond donors (Lipinski definition) is 0. The minimum absolute atomic E-state index is 0.244. The third kappa shape index (κ3) is 3.60. The summed E-state index contributed by atoms with van der Waals surface area (Å²) in [7, 11) is 0. The minimum Gasteiger partial charge on any atom is -0.198 e. The first-order valence-corrected chi connectivity index (χ1v) is 5.51. The SMILES string of the molecule is CC.CC(CC#N)c1csc(C#N)c1. The molecule has 0 aliphatic rings. The van der Waals surface area contributed by atoms with Crippen molar-refractivity contribution in [1.29, 1.82) is 10.5 Å². The summed E-state index contributed by atoms with van der Waals surface area (Å²) >= 11 is 1.43. The van der Waals surface area contributed by atoms with Crippen LogP contribution >= 0.6 is 11.3 Å². The third-order valence-electron chi connectivity index (χ3n) is 1.70. The van der Waals surface area contributed by atoms with E-state index < -0.39 is 0 Å². The normalized spacial score (nSPS) is 10.4. The van der Waals surface area contributed by atoms with E-state index in [1.165, 1.54) is 11.3 Å². The number of nitriles is 2. The lowest BCUT2D eigenvalue weighted by molar-refractivity contribution is 0.793. The number of hydrogen-bond acceptors (Lipinski definition) is 3. The summed E-state index contributed by atoms with van der Waals surface area (Å²) in [6.07, 6.45) is 0.515. The van der Waals surface area contributed by atoms with Gasteiger partial charge in [-0.25, -0.2) is 0 Å². The van der Waals surface area contributed by atoms with Crippen LogP contribution in [-0.4, -0.2) is 0 Å². The highest BCUT2D eigenvalue weighted by molar-refractivity contribution is 7.10. The predicted octanol–water partition coefficient (Wildman–Crippen LogP) is 3.66. The van der Waals surface area contributed by atoms with Crippen LogP contribution in [0.3, 0.4) is 0 Å². The number of rotatable bonds is 2. The van der Waals surface area contributed by atoms with Crippen molar-refractivity contribution < 1.29 is 0 Å². The summed E-state index contributed by atoms with van der Waals surface area (Å²) in [5.41, 5.74) is 1.10. The van der Waals surface area contributed by atoms with Crippen LogP contribution < -0.4 is 0 Å². The van der Waals surface area contributed by atoms with Gasteiger partial charge in [-0.15, -0.1) is 11.3 Å². The molecule has 0 saturated carbocycles. The van der Waals surface area contributed by atoms with Crippen LogP contribution in [0, 0.1) is 22.7 Å². The molecule has 0 amide bonds. The molecule has 0 aliphatic carbocycles. The molecule has 0 spiro atoms. The second-order valence-electron chi connectivity index (χ2n) is 2.62. The fraction of sp³-hybridized carbons (Fsp3) is 0.455. The van der Waals surface area contributed by atoms with E-state index in [1.54, 1.807) is 0 Å². The third-order valence-corrected chi connectivity index (χ3v) is 2.55. The maximum Gasteiger partial charge on any atom is 0.110 e. The molecule has 1 atom stereocenters. The molecule has 0 N–H and O–H groups in total. The lowest BCUT2D eigenvalue weighted by atomic mass is 10.0. The Morgan fingerprint density at radius 2 is 2.07 bits per heavy atom. The molecule has 3 heteroatoms. The van der Waals surface area contributed by atoms with Gasteiger partial charge in [-0.1, -0.05) is 20.8 Å². The topological polar surface area (TPSA) is 47.6 Å². The average molecular weight is 206 g/mol. The van der Waals surface area contributed by atoms with Crippen molar-refractivity contribution in [3.05, 3.63) is 21.9 Å². The first-order valence-electron chi connectivity index (χ1n) is 4.63. The van der Waals surface area contributed by atoms with Gasteiger partial charge in [0.15, 0.2) is 0 Å². The van der Waals surface area contributed by atoms with E-state index in [0.717, 1.165) is 10.4 Å². The van der Waals surface area contributed by atoms with Crippen LogP contribution in [0.5, 0.6) is 0 Å². The summed E-state index contributed by atoms with van der Waals surface area (Å²) in [5, 5.41) is 19.0. The van der Waals surface area contributed by atoms with Gasteiger partial charge in [0, 0.05) is 6.42 Å². The summed E-state index contributed by atoms with van der Waals surface area (Å²) in [5.74, 6) is 0.244. The molecule has 1 unspecified atom stereocenters. The van der Waals surface area contributed by atoms with Gasteiger partial charge in [0.2, 0.25) is 0 Å². The van der Waals surface area contributed by atoms with Crippen molar-refractivity contribution in [3.63, 3.8) is 0 Å². The van der Waals surface area contributed by atoms with E-state index in [4.69, 9.17) is 10.5 Å². The average Bonchev–Trinajstić information content (AvgIpc) is 2.69. The summed E-state index contributed by atoms with van der Waals surface area (Å²) in [4.78, 5) is 0.717. The zero-order chi connectivity index (χ0) is 11.0. The van der Waals surface area contributed by atoms with Crippen molar-refractivity contribution in [2.45, 2.75) is 33.1 Å². The maximum atomic E-state index is 8.56. The molecule has 1 rings (SSSR count). The van der Waals surface area contributed by atoms with Gasteiger partial charge in [-0.3, -0.25) is 0 Å². The quantitative estimate of drug-likeness (QED) is 0.741. The molecule has 14 heavy (non-hydrogen) atoms. The fourth-order valence-electron chi connectivity index (χ4n) is 0.923. The molecule has 0 bridgehead atoms. The van der Waals surface area contributed by atoms with Crippen LogP contribution in [0.25, 0.3) is 0 Å². The van der Waals surface area contributed by atoms with Crippen LogP contribution in [0.1, 0.15) is 43.6 Å². The highest BCUT2D eigenvalue weighted by Crippen LogP contribution is 2.23. The Kier molecular flexibility index (Phi) is 6.45. The molecule has 1 aromatic rings. The predicted molar refractivity (Wildman–Crippen MR) is 59.0 cm³/mol. The van der Waals surface area contributed by atoms with Crippen LogP contribution in [0.4, 0.5) is 0 Å². The largest absolute Gasteiger partial charge is 0.198 e. The molecule has 1 aromatic heterocycles. The second kappa shape index (κ2) is 7.12. The van der Waals surface area contributed by atoms with Crippen molar-refractivity contribution in [3.8, 4) is 12.1 Å². The Morgan fingerprint density at radius 3 is 2.50 bits per heavy atom. The molecular formula is C11H14N2S. The highest BCUT2D eigenvalue weighted by atomic mass is 32.1. The van der Waals surface area contributed by atoms with E-state index >= 15 is 0 Å². The first kappa shape index (κ1) is 12.7. The van der Waals surface area contributed by atoms with Crippen molar-refractivity contribution in [1.82, 2.24) is 0 Å². The van der Waals surface area contributed by atoms with Crippen molar-refractivity contribution in [2.75, 3.05) is 0 Å². The van der Waals surface area contributed by atoms with Gasteiger partial charge < -0.3 is 0 Å². The van der Waals surface area contributed by atoms with Crippen molar-refractivity contribution in [2.24, 2.45) is 0 Å². The van der Waals surface area contributed by atoms with Gasteiger partial charge in [0.05, 0.1) is 6.07 Å². The summed E-state index contributed by atoms with van der Waals surface area (Å²) < 4.78 is 0. The smallest absolute Gasteiger partial charge is 0.110 e. The van der Waals surface area contributed by atoms with E-state index in [9.17, 15) is 0 Å². The van der Waals surface area contributed by atoms with Crippen LogP contribution in [0.15, 0.2) is 11.4 Å². The molecule has 0 radical (unpaired) electrons. The highest BCUT2D eigenvalue weighted by Gasteiger charge is 2.06. The Bertz CT molecular complexity index is 341. The molecule has 0 fully saturated rings. The lowest BCUT2D eigenvalue weighted by Gasteiger charge is -2.01. The van der Waals surface area contributed by atoms with Crippen LogP contribution in [0.2, 0.25) is 0 Å². The summed E-state index contributed by atoms with van der Waals surface area (Å²) in [6, 6.07) is 6.05. The summed E-state index contributed by atoms with van der Waals surface area (Å²) in [6.45, 7) is 5.99. The van der Waals surface area contributed by atoms with Gasteiger partial charge in [-0.05, 0) is 22.9 Å². The molecular weight excluding hydrogens is 192 g/mol. The zero-order valence-electron chi connectivity index (χ0n) is 8.74. The van der Waals surface area contributed by atoms with Gasteiger partial charge in [-0.2, -0.15) is 10.5 Å². The van der Waals surface area contributed by atoms with Gasteiger partial charge >= 0.3 is 0 Å². The Labute approximate surface area is 89.4 Å². The monoisotopic (exact) mass is 206 g/mol. The minimum atomic E-state index is 0.244. The number of nitrogens with zero attached hydrogens (tertiary/aromatic N) is 2. The Hall–Kier alpha value is -1.32. The first-order chi connectivity index (χ1) is 6.77. The fourth-order valence-corrected chi connectivity index (χ4v) is 1.74. The van der Waals surface area contributed by atoms with Gasteiger partial charge in [0.1, 0.15) is 10.9 Å². The van der Waals surface area contributed by atoms with E-state index in [0.29, 0.717) is 6.42 Å². The molecule has 0 saturated heterocycles. The standard InChI is InChI=1S/C9H8N2S.C2H6/c1-7(2-3-10)8-4-9(5-11)12-6-8;1-2/h4,6-7H,2H2,1H3;1-2H3. The maximum absolute atomic E-state index is 8.56. The zero-order valence-corrected chi connectivity index (χ0v) is 9.56. The number of thiophene rings is 1. The molecule has 2 nitrogen and oxygen atoms in total. The Balaban J connectivity index is 0.000000791. The molecule has 0 aliphatic heterocycles. The molecule has 1 heterocycles. The van der Waals surface area contributed by atoms with Crippen molar-refractivity contribution >= 4 is 11.3 Å². The lowest BCUT2D eigenvalue weighted by Crippen LogP contribution is -1.87. The van der Waals surface area contributed by atoms with Gasteiger partial charge in [0.25, 0.3) is 0 Å². The molecule has 74 valence electrons. The molecule has 0 aromatic carbocycles. The Morgan fingerprint density at radius 1 is 1.43 bits per heavy atom.